The van der Waals surface area contributed by atoms with Crippen molar-refractivity contribution in [3.05, 3.63) is 53.1 Å². The lowest BCUT2D eigenvalue weighted by atomic mass is 10.0. The summed E-state index contributed by atoms with van der Waals surface area (Å²) in [5.74, 6) is 2.03. The van der Waals surface area contributed by atoms with Crippen molar-refractivity contribution in [3.8, 4) is 34.7 Å². The highest BCUT2D eigenvalue weighted by atomic mass is 16.5. The van der Waals surface area contributed by atoms with Gasteiger partial charge < -0.3 is 14.4 Å². The minimum absolute atomic E-state index is 0.0195. The van der Waals surface area contributed by atoms with Crippen molar-refractivity contribution in [3.63, 3.8) is 0 Å². The summed E-state index contributed by atoms with van der Waals surface area (Å²) < 4.78 is 11.3. The molecule has 3 atom stereocenters. The molecular weight excluding hydrogens is 416 g/mol. The molecule has 0 spiro atoms. The Morgan fingerprint density at radius 2 is 2.12 bits per heavy atom. The number of hydrogen-bond acceptors (Lipinski definition) is 7. The van der Waals surface area contributed by atoms with Gasteiger partial charge in [0.25, 0.3) is 5.89 Å². The number of aliphatic hydroxyl groups excluding tert-OH is 1. The highest BCUT2D eigenvalue weighted by Crippen LogP contribution is 2.49. The van der Waals surface area contributed by atoms with Gasteiger partial charge in [-0.3, -0.25) is 4.90 Å². The van der Waals surface area contributed by atoms with Crippen LogP contribution in [-0.4, -0.2) is 45.4 Å². The van der Waals surface area contributed by atoms with E-state index in [9.17, 15) is 10.4 Å². The van der Waals surface area contributed by atoms with E-state index in [2.05, 4.69) is 46.2 Å². The minimum Gasteiger partial charge on any atom is -0.490 e. The first-order valence-corrected chi connectivity index (χ1v) is 11.5. The fourth-order valence-electron chi connectivity index (χ4n) is 5.27. The van der Waals surface area contributed by atoms with Gasteiger partial charge in [0, 0.05) is 23.2 Å². The molecular formula is C26H28N4O3. The molecule has 1 aliphatic heterocycles. The van der Waals surface area contributed by atoms with Crippen molar-refractivity contribution < 1.29 is 14.4 Å². The van der Waals surface area contributed by atoms with Gasteiger partial charge in [0.05, 0.1) is 18.3 Å². The molecule has 1 saturated heterocycles. The van der Waals surface area contributed by atoms with Crippen LogP contribution in [0.5, 0.6) is 5.75 Å². The normalized spacial score (nSPS) is 20.5. The largest absolute Gasteiger partial charge is 0.490 e. The molecule has 1 N–H and O–H groups in total. The maximum atomic E-state index is 9.70. The molecule has 0 radical (unpaired) electrons. The van der Waals surface area contributed by atoms with Gasteiger partial charge in [0.1, 0.15) is 11.8 Å². The van der Waals surface area contributed by atoms with Gasteiger partial charge in [-0.05, 0) is 75.4 Å². The van der Waals surface area contributed by atoms with Crippen molar-refractivity contribution >= 4 is 0 Å². The molecule has 0 bridgehead atoms. The Balaban J connectivity index is 1.47. The summed E-state index contributed by atoms with van der Waals surface area (Å²) in [6.07, 6.45) is 2.09. The SMILES string of the molecule is CC(C)Oc1ccc(-c2nc(-c3cccc4c3CC3CCN([C@H](C)CO)C43)no2)cc1C#N. The summed E-state index contributed by atoms with van der Waals surface area (Å²) in [6.45, 7) is 7.12. The second-order valence-corrected chi connectivity index (χ2v) is 9.25. The van der Waals surface area contributed by atoms with E-state index in [4.69, 9.17) is 9.26 Å². The van der Waals surface area contributed by atoms with Gasteiger partial charge in [-0.2, -0.15) is 10.2 Å². The van der Waals surface area contributed by atoms with Crippen LogP contribution < -0.4 is 4.74 Å². The molecule has 1 aliphatic carbocycles. The van der Waals surface area contributed by atoms with E-state index < -0.39 is 0 Å². The fraction of sp³-hybridized carbons (Fsp3) is 0.423. The average molecular weight is 445 g/mol. The van der Waals surface area contributed by atoms with E-state index in [1.165, 1.54) is 11.1 Å². The highest BCUT2D eigenvalue weighted by molar-refractivity contribution is 5.67. The van der Waals surface area contributed by atoms with Crippen molar-refractivity contribution in [2.24, 2.45) is 5.92 Å². The van der Waals surface area contributed by atoms with Gasteiger partial charge in [0.15, 0.2) is 0 Å². The number of aromatic nitrogens is 2. The molecule has 1 fully saturated rings. The van der Waals surface area contributed by atoms with Gasteiger partial charge in [0.2, 0.25) is 5.82 Å². The van der Waals surface area contributed by atoms with Gasteiger partial charge >= 0.3 is 0 Å². The standard InChI is InChI=1S/C26H28N4O3/c1-15(2)32-23-8-7-18(11-19(23)13-27)26-28-25(29-33-26)21-6-4-5-20-22(21)12-17-9-10-30(24(17)20)16(3)14-31/h4-8,11,15-17,24,31H,9-10,12,14H2,1-3H3/t16-,17?,24?/m1/s1. The third-order valence-corrected chi connectivity index (χ3v) is 6.77. The zero-order valence-corrected chi connectivity index (χ0v) is 19.2. The summed E-state index contributed by atoms with van der Waals surface area (Å²) in [5, 5.41) is 23.5. The topological polar surface area (TPSA) is 95.4 Å². The van der Waals surface area contributed by atoms with Crippen LogP contribution in [0.25, 0.3) is 22.8 Å². The Kier molecular flexibility index (Phi) is 5.65. The monoisotopic (exact) mass is 444 g/mol. The van der Waals surface area contributed by atoms with Gasteiger partial charge in [-0.1, -0.05) is 23.4 Å². The predicted octanol–water partition coefficient (Wildman–Crippen LogP) is 4.36. The van der Waals surface area contributed by atoms with E-state index in [1.807, 2.05) is 19.9 Å². The molecule has 2 aromatic carbocycles. The smallest absolute Gasteiger partial charge is 0.258 e. The van der Waals surface area contributed by atoms with Crippen LogP contribution in [-0.2, 0) is 6.42 Å². The Bertz CT molecular complexity index is 1210. The second-order valence-electron chi connectivity index (χ2n) is 9.25. The molecule has 7 heteroatoms. The highest BCUT2D eigenvalue weighted by Gasteiger charge is 2.43. The Morgan fingerprint density at radius 1 is 1.27 bits per heavy atom. The van der Waals surface area contributed by atoms with E-state index in [-0.39, 0.29) is 18.8 Å². The molecule has 170 valence electrons. The fourth-order valence-corrected chi connectivity index (χ4v) is 5.27. The summed E-state index contributed by atoms with van der Waals surface area (Å²) in [4.78, 5) is 7.10. The molecule has 0 amide bonds. The first-order chi connectivity index (χ1) is 16.0. The molecule has 1 aromatic heterocycles. The van der Waals surface area contributed by atoms with Crippen molar-refractivity contribution in [1.29, 1.82) is 5.26 Å². The van der Waals surface area contributed by atoms with Crippen molar-refractivity contribution in [1.82, 2.24) is 15.0 Å². The van der Waals surface area contributed by atoms with E-state index in [0.717, 1.165) is 24.9 Å². The number of nitriles is 1. The molecule has 5 rings (SSSR count). The number of hydrogen-bond donors (Lipinski definition) is 1. The molecule has 3 aromatic rings. The number of fused-ring (bicyclic) bond motifs is 3. The van der Waals surface area contributed by atoms with E-state index in [0.29, 0.717) is 40.6 Å². The number of likely N-dealkylation sites (tertiary alicyclic amines) is 1. The average Bonchev–Trinajstić information content (AvgIpc) is 3.53. The van der Waals surface area contributed by atoms with Crippen LogP contribution in [0.3, 0.4) is 0 Å². The van der Waals surface area contributed by atoms with Crippen LogP contribution in [0.15, 0.2) is 40.9 Å². The number of ether oxygens (including phenoxy) is 1. The molecule has 2 unspecified atom stereocenters. The van der Waals surface area contributed by atoms with Crippen LogP contribution in [0.1, 0.15) is 49.9 Å². The molecule has 0 saturated carbocycles. The molecule has 2 heterocycles. The second kappa shape index (κ2) is 8.62. The summed E-state index contributed by atoms with van der Waals surface area (Å²) >= 11 is 0. The summed E-state index contributed by atoms with van der Waals surface area (Å²) in [7, 11) is 0. The minimum atomic E-state index is -0.0195. The van der Waals surface area contributed by atoms with Crippen LogP contribution in [0.2, 0.25) is 0 Å². The number of nitrogens with zero attached hydrogens (tertiary/aromatic N) is 4. The lowest BCUT2D eigenvalue weighted by molar-refractivity contribution is 0.117. The zero-order valence-electron chi connectivity index (χ0n) is 19.2. The van der Waals surface area contributed by atoms with Crippen LogP contribution >= 0.6 is 0 Å². The van der Waals surface area contributed by atoms with Crippen LogP contribution in [0.4, 0.5) is 0 Å². The number of rotatable bonds is 6. The predicted molar refractivity (Wildman–Crippen MR) is 123 cm³/mol. The first kappa shape index (κ1) is 21.6. The van der Waals surface area contributed by atoms with Crippen molar-refractivity contribution in [2.75, 3.05) is 13.2 Å². The lowest BCUT2D eigenvalue weighted by Gasteiger charge is -2.29. The van der Waals surface area contributed by atoms with Crippen LogP contribution in [0, 0.1) is 17.2 Å². The lowest BCUT2D eigenvalue weighted by Crippen LogP contribution is -2.35. The third-order valence-electron chi connectivity index (χ3n) is 6.77. The zero-order chi connectivity index (χ0) is 23.1. The maximum Gasteiger partial charge on any atom is 0.258 e. The Hall–Kier alpha value is -3.21. The van der Waals surface area contributed by atoms with Gasteiger partial charge in [-0.25, -0.2) is 0 Å². The number of aliphatic hydroxyl groups is 1. The first-order valence-electron chi connectivity index (χ1n) is 11.5. The van der Waals surface area contributed by atoms with E-state index in [1.54, 1.807) is 12.1 Å². The molecule has 2 aliphatic rings. The van der Waals surface area contributed by atoms with Crippen molar-refractivity contribution in [2.45, 2.75) is 51.8 Å². The van der Waals surface area contributed by atoms with Gasteiger partial charge in [-0.15, -0.1) is 0 Å². The Labute approximate surface area is 193 Å². The molecule has 7 nitrogen and oxygen atoms in total. The molecule has 33 heavy (non-hydrogen) atoms. The Morgan fingerprint density at radius 3 is 2.88 bits per heavy atom. The number of benzene rings is 2. The quantitative estimate of drug-likeness (QED) is 0.603. The maximum absolute atomic E-state index is 9.70. The van der Waals surface area contributed by atoms with E-state index >= 15 is 0 Å². The summed E-state index contributed by atoms with van der Waals surface area (Å²) in [5.41, 5.74) is 4.70. The third kappa shape index (κ3) is 3.79. The summed E-state index contributed by atoms with van der Waals surface area (Å²) in [6, 6.07) is 14.3.